The van der Waals surface area contributed by atoms with E-state index < -0.39 is 5.97 Å². The third-order valence-electron chi connectivity index (χ3n) is 10.7. The van der Waals surface area contributed by atoms with Crippen molar-refractivity contribution < 1.29 is 23.6 Å². The van der Waals surface area contributed by atoms with Crippen molar-refractivity contribution in [2.75, 3.05) is 33.0 Å². The monoisotopic (exact) mass is 844 g/mol. The largest absolute Gasteiger partial charge is 0.424 e. The fourth-order valence-corrected chi connectivity index (χ4v) is 7.70. The standard InChI is InChI=1S/C49H72ClN6O4/c1-41(57)60-49-45(37-46(50)44-27-19-29-54-48(44)49)47(51)40-56(52)32-15-11-7-3-5-9-13-17-34-59-36-22-26-43-24-20-31-55(39-43)30-14-10-6-2-4-8-12-16-33-58-35-21-25-42-23-18-28-53-38-42/h18-20,23-24,27-29,31,37-40H,2-17,21-22,25-26,30,32-36,51-52H2,1H3/q+1/b47-40-. The number of hydrazine groups is 1. The van der Waals surface area contributed by atoms with Crippen LogP contribution in [0.4, 0.5) is 0 Å². The molecule has 60 heavy (non-hydrogen) atoms. The van der Waals surface area contributed by atoms with Crippen LogP contribution in [0.15, 0.2) is 79.6 Å². The lowest BCUT2D eigenvalue weighted by molar-refractivity contribution is -0.697. The number of unbranched alkanes of at least 4 members (excludes halogenated alkanes) is 14. The zero-order valence-electron chi connectivity index (χ0n) is 36.3. The van der Waals surface area contributed by atoms with Crippen LogP contribution in [0, 0.1) is 0 Å². The second-order valence-electron chi connectivity index (χ2n) is 16.0. The normalized spacial score (nSPS) is 11.7. The molecule has 0 bridgehead atoms. The van der Waals surface area contributed by atoms with Crippen molar-refractivity contribution in [3.63, 3.8) is 0 Å². The number of hydrogen-bond donors (Lipinski definition) is 2. The first kappa shape index (κ1) is 48.6. The Morgan fingerprint density at radius 2 is 1.33 bits per heavy atom. The molecule has 0 aliphatic heterocycles. The molecule has 0 aliphatic rings. The molecule has 1 aromatic carbocycles. The summed E-state index contributed by atoms with van der Waals surface area (Å²) in [5.74, 6) is 6.07. The van der Waals surface area contributed by atoms with Gasteiger partial charge in [0.05, 0.1) is 10.7 Å². The summed E-state index contributed by atoms with van der Waals surface area (Å²) in [7, 11) is 0. The maximum atomic E-state index is 11.8. The quantitative estimate of drug-likeness (QED) is 0.0120. The SMILES string of the molecule is CC(=O)Oc1c(/C(N)=C/N(N)CCCCCCCCCCOCCCc2ccc[n+](CCCCCCCCCCOCCCc3cccnc3)c2)cc(Cl)c2cccnc12. The number of ether oxygens (including phenoxy) is 3. The molecule has 0 radical (unpaired) electrons. The number of carbonyl (C=O) groups is 1. The second-order valence-corrected chi connectivity index (χ2v) is 16.4. The number of carbonyl (C=O) groups excluding carboxylic acids is 1. The van der Waals surface area contributed by atoms with Gasteiger partial charge in [0.2, 0.25) is 0 Å². The number of esters is 1. The maximum absolute atomic E-state index is 11.8. The van der Waals surface area contributed by atoms with Gasteiger partial charge < -0.3 is 25.0 Å². The van der Waals surface area contributed by atoms with Gasteiger partial charge in [-0.2, -0.15) is 0 Å². The number of pyridine rings is 3. The summed E-state index contributed by atoms with van der Waals surface area (Å²) in [6.45, 7) is 6.53. The van der Waals surface area contributed by atoms with Crippen LogP contribution in [0.3, 0.4) is 0 Å². The molecule has 0 spiro atoms. The summed E-state index contributed by atoms with van der Waals surface area (Å²) in [5.41, 5.74) is 10.4. The Hall–Kier alpha value is -4.09. The van der Waals surface area contributed by atoms with Crippen molar-refractivity contribution in [1.29, 1.82) is 0 Å². The Labute approximate surface area is 365 Å². The van der Waals surface area contributed by atoms with Gasteiger partial charge in [-0.1, -0.05) is 88.3 Å². The molecule has 0 saturated heterocycles. The van der Waals surface area contributed by atoms with E-state index in [0.29, 0.717) is 33.7 Å². The molecule has 11 heteroatoms. The second kappa shape index (κ2) is 30.0. The third kappa shape index (κ3) is 20.0. The van der Waals surface area contributed by atoms with E-state index >= 15 is 0 Å². The highest BCUT2D eigenvalue weighted by molar-refractivity contribution is 6.36. The number of aryl methyl sites for hydroxylation is 3. The highest BCUT2D eigenvalue weighted by Crippen LogP contribution is 2.36. The van der Waals surface area contributed by atoms with Crippen molar-refractivity contribution in [1.82, 2.24) is 15.0 Å². The summed E-state index contributed by atoms with van der Waals surface area (Å²) in [6, 6.07) is 13.9. The minimum Gasteiger partial charge on any atom is -0.424 e. The molecule has 0 saturated carbocycles. The Morgan fingerprint density at radius 1 is 0.750 bits per heavy atom. The first-order valence-corrected chi connectivity index (χ1v) is 23.1. The van der Waals surface area contributed by atoms with E-state index in [-0.39, 0.29) is 5.75 Å². The zero-order chi connectivity index (χ0) is 42.5. The number of fused-ring (bicyclic) bond motifs is 1. The predicted octanol–water partition coefficient (Wildman–Crippen LogP) is 10.5. The highest BCUT2D eigenvalue weighted by atomic mass is 35.5. The molecule has 0 amide bonds. The molecule has 4 rings (SSSR count). The van der Waals surface area contributed by atoms with Gasteiger partial charge in [0, 0.05) is 93.7 Å². The van der Waals surface area contributed by atoms with E-state index in [2.05, 4.69) is 45.1 Å². The van der Waals surface area contributed by atoms with Crippen LogP contribution >= 0.6 is 11.6 Å². The molecule has 10 nitrogen and oxygen atoms in total. The Bertz CT molecular complexity index is 1810. The van der Waals surface area contributed by atoms with E-state index in [1.807, 2.05) is 24.5 Å². The van der Waals surface area contributed by atoms with Gasteiger partial charge in [-0.3, -0.25) is 14.8 Å². The average molecular weight is 845 g/mol. The minimum absolute atomic E-state index is 0.281. The van der Waals surface area contributed by atoms with E-state index in [1.165, 1.54) is 102 Å². The summed E-state index contributed by atoms with van der Waals surface area (Å²) in [4.78, 5) is 20.4. The van der Waals surface area contributed by atoms with Crippen LogP contribution in [0.1, 0.15) is 139 Å². The summed E-state index contributed by atoms with van der Waals surface area (Å²) < 4.78 is 19.6. The Kier molecular flexibility index (Phi) is 24.3. The van der Waals surface area contributed by atoms with Crippen molar-refractivity contribution in [2.45, 2.75) is 142 Å². The van der Waals surface area contributed by atoms with Crippen molar-refractivity contribution in [3.05, 3.63) is 101 Å². The molecule has 3 aromatic heterocycles. The van der Waals surface area contributed by atoms with Gasteiger partial charge in [-0.15, -0.1) is 0 Å². The van der Waals surface area contributed by atoms with Crippen LogP contribution in [0.5, 0.6) is 5.75 Å². The Morgan fingerprint density at radius 3 is 1.98 bits per heavy atom. The average Bonchev–Trinajstić information content (AvgIpc) is 3.25. The fourth-order valence-electron chi connectivity index (χ4n) is 7.44. The zero-order valence-corrected chi connectivity index (χ0v) is 37.1. The van der Waals surface area contributed by atoms with Crippen LogP contribution in [0.25, 0.3) is 16.6 Å². The molecule has 0 fully saturated rings. The van der Waals surface area contributed by atoms with Gasteiger partial charge in [0.1, 0.15) is 12.1 Å². The number of halogens is 1. The minimum atomic E-state index is -0.463. The molecular weight excluding hydrogens is 772 g/mol. The molecule has 3 heterocycles. The summed E-state index contributed by atoms with van der Waals surface area (Å²) >= 11 is 6.50. The first-order chi connectivity index (χ1) is 29.4. The van der Waals surface area contributed by atoms with E-state index in [0.717, 1.165) is 77.9 Å². The lowest BCUT2D eigenvalue weighted by atomic mass is 10.1. The van der Waals surface area contributed by atoms with Gasteiger partial charge in [0.25, 0.3) is 0 Å². The smallest absolute Gasteiger partial charge is 0.308 e. The third-order valence-corrected chi connectivity index (χ3v) is 11.0. The van der Waals surface area contributed by atoms with Gasteiger partial charge >= 0.3 is 5.97 Å². The molecule has 4 aromatic rings. The Balaban J connectivity index is 0.914. The molecule has 0 unspecified atom stereocenters. The number of rotatable bonds is 33. The van der Waals surface area contributed by atoms with E-state index in [4.69, 9.17) is 37.4 Å². The lowest BCUT2D eigenvalue weighted by Crippen LogP contribution is -2.33. The van der Waals surface area contributed by atoms with Crippen molar-refractivity contribution in [3.8, 4) is 5.75 Å². The number of aromatic nitrogens is 3. The van der Waals surface area contributed by atoms with Crippen molar-refractivity contribution in [2.24, 2.45) is 11.6 Å². The maximum Gasteiger partial charge on any atom is 0.308 e. The highest BCUT2D eigenvalue weighted by Gasteiger charge is 2.18. The van der Waals surface area contributed by atoms with Crippen LogP contribution in [-0.2, 0) is 33.7 Å². The van der Waals surface area contributed by atoms with Gasteiger partial charge in [0.15, 0.2) is 18.1 Å². The number of nitrogens with two attached hydrogens (primary N) is 2. The van der Waals surface area contributed by atoms with Gasteiger partial charge in [-0.05, 0) is 87.3 Å². The summed E-state index contributed by atoms with van der Waals surface area (Å²) in [6.07, 6.45) is 35.5. The van der Waals surface area contributed by atoms with E-state index in [1.54, 1.807) is 29.5 Å². The molecular formula is C49H72ClN6O4+. The predicted molar refractivity (Wildman–Crippen MR) is 244 cm³/mol. The number of hydrogen-bond acceptors (Lipinski definition) is 9. The number of nitrogens with zero attached hydrogens (tertiary/aromatic N) is 4. The van der Waals surface area contributed by atoms with Crippen LogP contribution in [0.2, 0.25) is 5.02 Å². The topological polar surface area (TPSA) is 130 Å². The number of benzene rings is 1. The van der Waals surface area contributed by atoms with Gasteiger partial charge in [-0.25, -0.2) is 10.4 Å². The lowest BCUT2D eigenvalue weighted by Gasteiger charge is -2.17. The molecule has 4 N–H and O–H groups in total. The van der Waals surface area contributed by atoms with Crippen LogP contribution in [-0.4, -0.2) is 53.9 Å². The van der Waals surface area contributed by atoms with Crippen molar-refractivity contribution >= 4 is 34.2 Å². The molecule has 328 valence electrons. The first-order valence-electron chi connectivity index (χ1n) is 22.7. The van der Waals surface area contributed by atoms with Crippen LogP contribution < -0.4 is 20.9 Å². The fraction of sp³-hybridized carbons (Fsp3) is 0.551. The molecule has 0 atom stereocenters. The summed E-state index contributed by atoms with van der Waals surface area (Å²) in [5, 5.41) is 2.74. The molecule has 0 aliphatic carbocycles. The van der Waals surface area contributed by atoms with E-state index in [9.17, 15) is 4.79 Å².